The van der Waals surface area contributed by atoms with Crippen molar-refractivity contribution in [2.45, 2.75) is 37.6 Å². The second kappa shape index (κ2) is 7.36. The van der Waals surface area contributed by atoms with Crippen LogP contribution in [0.4, 0.5) is 0 Å². The van der Waals surface area contributed by atoms with E-state index in [2.05, 4.69) is 9.71 Å². The second-order valence-corrected chi connectivity index (χ2v) is 9.05. The van der Waals surface area contributed by atoms with E-state index in [0.29, 0.717) is 37.5 Å². The topological polar surface area (TPSA) is 105 Å². The van der Waals surface area contributed by atoms with Crippen molar-refractivity contribution in [2.24, 2.45) is 22.6 Å². The van der Waals surface area contributed by atoms with Gasteiger partial charge >= 0.3 is 0 Å². The minimum Gasteiger partial charge on any atom is -0.341 e. The highest BCUT2D eigenvalue weighted by atomic mass is 32.2. The number of nitrogens with two attached hydrogens (primary N) is 1. The van der Waals surface area contributed by atoms with Crippen molar-refractivity contribution in [1.82, 2.24) is 9.62 Å². The lowest BCUT2D eigenvalue weighted by atomic mass is 10.0. The molecule has 3 rings (SSSR count). The highest BCUT2D eigenvalue weighted by Crippen LogP contribution is 2.25. The van der Waals surface area contributed by atoms with Crippen LogP contribution in [-0.2, 0) is 14.8 Å². The number of likely N-dealkylation sites (tertiary alicyclic amines) is 1. The number of amidine groups is 1. The molecule has 1 saturated heterocycles. The van der Waals surface area contributed by atoms with Crippen molar-refractivity contribution < 1.29 is 13.2 Å². The van der Waals surface area contributed by atoms with Crippen molar-refractivity contribution in [3.8, 4) is 0 Å². The zero-order valence-corrected chi connectivity index (χ0v) is 16.0. The van der Waals surface area contributed by atoms with Gasteiger partial charge in [-0.25, -0.2) is 8.42 Å². The SMILES string of the molecule is CC(C)CC(N=C1NS(=O)(=O)c2ccccc21)C(=O)N1CCC(CN)C1. The number of hydrogen-bond acceptors (Lipinski definition) is 5. The zero-order valence-electron chi connectivity index (χ0n) is 15.2. The number of carbonyl (C=O) groups excluding carboxylic acids is 1. The molecule has 7 nitrogen and oxygen atoms in total. The molecule has 3 N–H and O–H groups in total. The fraction of sp³-hybridized carbons (Fsp3) is 0.556. The summed E-state index contributed by atoms with van der Waals surface area (Å²) in [5.41, 5.74) is 6.25. The summed E-state index contributed by atoms with van der Waals surface area (Å²) in [7, 11) is -3.61. The van der Waals surface area contributed by atoms with Crippen molar-refractivity contribution in [1.29, 1.82) is 0 Å². The molecule has 2 aliphatic heterocycles. The zero-order chi connectivity index (χ0) is 18.9. The van der Waals surface area contributed by atoms with Gasteiger partial charge in [-0.3, -0.25) is 14.5 Å². The van der Waals surface area contributed by atoms with Gasteiger partial charge in [0.1, 0.15) is 11.9 Å². The van der Waals surface area contributed by atoms with Gasteiger partial charge in [0.2, 0.25) is 5.91 Å². The first-order valence-electron chi connectivity index (χ1n) is 9.00. The predicted molar refractivity (Wildman–Crippen MR) is 100 cm³/mol. The van der Waals surface area contributed by atoms with Crippen LogP contribution in [0.1, 0.15) is 32.3 Å². The number of rotatable bonds is 5. The molecule has 2 heterocycles. The summed E-state index contributed by atoms with van der Waals surface area (Å²) in [6.45, 7) is 5.96. The molecule has 26 heavy (non-hydrogen) atoms. The minimum absolute atomic E-state index is 0.0503. The molecule has 1 aromatic rings. The molecule has 0 radical (unpaired) electrons. The van der Waals surface area contributed by atoms with Gasteiger partial charge < -0.3 is 10.6 Å². The quantitative estimate of drug-likeness (QED) is 0.796. The fourth-order valence-corrected chi connectivity index (χ4v) is 4.72. The maximum Gasteiger partial charge on any atom is 0.263 e. The Balaban J connectivity index is 1.90. The Kier molecular flexibility index (Phi) is 5.34. The third-order valence-electron chi connectivity index (χ3n) is 4.86. The standard InChI is InChI=1S/C18H26N4O3S/c1-12(2)9-15(18(23)22-8-7-13(10-19)11-22)20-17-14-5-3-4-6-16(14)26(24,25)21-17/h3-6,12-13,15H,7-11,19H2,1-2H3,(H,20,21). The number of benzene rings is 1. The molecule has 1 aromatic carbocycles. The molecular formula is C18H26N4O3S. The number of nitrogens with one attached hydrogen (secondary N) is 1. The summed E-state index contributed by atoms with van der Waals surface area (Å²) in [5.74, 6) is 0.798. The maximum absolute atomic E-state index is 13.0. The average molecular weight is 378 g/mol. The van der Waals surface area contributed by atoms with Crippen molar-refractivity contribution in [3.63, 3.8) is 0 Å². The number of nitrogens with zero attached hydrogens (tertiary/aromatic N) is 2. The lowest BCUT2D eigenvalue weighted by Gasteiger charge is -2.22. The minimum atomic E-state index is -3.61. The molecule has 0 bridgehead atoms. The van der Waals surface area contributed by atoms with E-state index in [1.807, 2.05) is 18.7 Å². The Labute approximate surface area is 154 Å². The Morgan fingerprint density at radius 3 is 2.77 bits per heavy atom. The highest BCUT2D eigenvalue weighted by Gasteiger charge is 2.34. The van der Waals surface area contributed by atoms with Crippen LogP contribution in [0.25, 0.3) is 0 Å². The summed E-state index contributed by atoms with van der Waals surface area (Å²) < 4.78 is 27.0. The van der Waals surface area contributed by atoms with Crippen LogP contribution in [-0.4, -0.2) is 50.7 Å². The summed E-state index contributed by atoms with van der Waals surface area (Å²) in [6.07, 6.45) is 1.47. The number of carbonyl (C=O) groups is 1. The van der Waals surface area contributed by atoms with Gasteiger partial charge in [0.25, 0.3) is 10.0 Å². The molecule has 1 amide bonds. The molecule has 2 atom stereocenters. The summed E-state index contributed by atoms with van der Waals surface area (Å²) in [6, 6.07) is 6.10. The summed E-state index contributed by atoms with van der Waals surface area (Å²) >= 11 is 0. The van der Waals surface area contributed by atoms with Gasteiger partial charge in [-0.15, -0.1) is 0 Å². The third-order valence-corrected chi connectivity index (χ3v) is 6.26. The van der Waals surface area contributed by atoms with E-state index in [-0.39, 0.29) is 22.6 Å². The third kappa shape index (κ3) is 3.76. The highest BCUT2D eigenvalue weighted by molar-refractivity contribution is 7.90. The number of fused-ring (bicyclic) bond motifs is 1. The van der Waals surface area contributed by atoms with E-state index in [9.17, 15) is 13.2 Å². The molecule has 2 unspecified atom stereocenters. The molecule has 2 aliphatic rings. The molecule has 0 aliphatic carbocycles. The first-order chi connectivity index (χ1) is 12.3. The fourth-order valence-electron chi connectivity index (χ4n) is 3.48. The molecule has 0 spiro atoms. The van der Waals surface area contributed by atoms with Gasteiger partial charge in [-0.05, 0) is 43.4 Å². The van der Waals surface area contributed by atoms with Crippen LogP contribution in [0.15, 0.2) is 34.2 Å². The van der Waals surface area contributed by atoms with E-state index in [1.165, 1.54) is 0 Å². The van der Waals surface area contributed by atoms with Crippen molar-refractivity contribution in [3.05, 3.63) is 29.8 Å². The van der Waals surface area contributed by atoms with E-state index in [4.69, 9.17) is 5.73 Å². The number of hydrogen-bond donors (Lipinski definition) is 2. The second-order valence-electron chi connectivity index (χ2n) is 7.40. The number of sulfonamides is 1. The van der Waals surface area contributed by atoms with E-state index in [1.54, 1.807) is 24.3 Å². The molecule has 0 saturated carbocycles. The molecule has 1 fully saturated rings. The summed E-state index contributed by atoms with van der Waals surface area (Å²) in [4.78, 5) is 19.6. The van der Waals surface area contributed by atoms with Crippen LogP contribution >= 0.6 is 0 Å². The van der Waals surface area contributed by atoms with Crippen molar-refractivity contribution in [2.75, 3.05) is 19.6 Å². The van der Waals surface area contributed by atoms with Gasteiger partial charge in [0, 0.05) is 18.7 Å². The first kappa shape index (κ1) is 18.8. The van der Waals surface area contributed by atoms with Crippen LogP contribution in [0, 0.1) is 11.8 Å². The van der Waals surface area contributed by atoms with Crippen LogP contribution < -0.4 is 10.5 Å². The molecule has 0 aromatic heterocycles. The van der Waals surface area contributed by atoms with Crippen LogP contribution in [0.2, 0.25) is 0 Å². The Morgan fingerprint density at radius 2 is 2.12 bits per heavy atom. The van der Waals surface area contributed by atoms with Crippen molar-refractivity contribution >= 4 is 21.8 Å². The largest absolute Gasteiger partial charge is 0.341 e. The smallest absolute Gasteiger partial charge is 0.263 e. The maximum atomic E-state index is 13.0. The molecule has 142 valence electrons. The first-order valence-corrected chi connectivity index (χ1v) is 10.5. The number of amides is 1. The monoisotopic (exact) mass is 378 g/mol. The normalized spacial score (nSPS) is 23.9. The lowest BCUT2D eigenvalue weighted by Crippen LogP contribution is -2.39. The molecule has 8 heteroatoms. The Morgan fingerprint density at radius 1 is 1.38 bits per heavy atom. The van der Waals surface area contributed by atoms with Crippen LogP contribution in [0.5, 0.6) is 0 Å². The van der Waals surface area contributed by atoms with Gasteiger partial charge in [-0.2, -0.15) is 0 Å². The summed E-state index contributed by atoms with van der Waals surface area (Å²) in [5, 5.41) is 0. The average Bonchev–Trinajstić information content (AvgIpc) is 3.17. The Hall–Kier alpha value is -1.93. The Bertz CT molecular complexity index is 819. The number of aliphatic imine (C=N–C) groups is 1. The van der Waals surface area contributed by atoms with Gasteiger partial charge in [0.15, 0.2) is 0 Å². The molecular weight excluding hydrogens is 352 g/mol. The van der Waals surface area contributed by atoms with E-state index >= 15 is 0 Å². The lowest BCUT2D eigenvalue weighted by molar-refractivity contribution is -0.131. The van der Waals surface area contributed by atoms with E-state index < -0.39 is 16.1 Å². The van der Waals surface area contributed by atoms with Gasteiger partial charge in [-0.1, -0.05) is 26.0 Å². The van der Waals surface area contributed by atoms with E-state index in [0.717, 1.165) is 6.42 Å². The van der Waals surface area contributed by atoms with Gasteiger partial charge in [0.05, 0.1) is 4.90 Å². The van der Waals surface area contributed by atoms with Crippen LogP contribution in [0.3, 0.4) is 0 Å². The predicted octanol–water partition coefficient (Wildman–Crippen LogP) is 0.947.